The summed E-state index contributed by atoms with van der Waals surface area (Å²) in [5.74, 6) is -1.80. The molecule has 1 amide bonds. The average molecular weight is 268 g/mol. The van der Waals surface area contributed by atoms with Gasteiger partial charge in [0.05, 0.1) is 11.3 Å². The zero-order chi connectivity index (χ0) is 13.8. The molecule has 1 fully saturated rings. The molecule has 104 valence electrons. The van der Waals surface area contributed by atoms with Gasteiger partial charge in [0.15, 0.2) is 0 Å². The van der Waals surface area contributed by atoms with Crippen molar-refractivity contribution in [3.05, 3.63) is 29.3 Å². The summed E-state index contributed by atoms with van der Waals surface area (Å²) in [4.78, 5) is 11.8. The molecule has 0 unspecified atom stereocenters. The van der Waals surface area contributed by atoms with Crippen LogP contribution in [0.1, 0.15) is 42.5 Å². The van der Waals surface area contributed by atoms with Gasteiger partial charge >= 0.3 is 0 Å². The second-order valence-electron chi connectivity index (χ2n) is 5.07. The van der Waals surface area contributed by atoms with Crippen LogP contribution in [0.4, 0.5) is 14.5 Å². The Morgan fingerprint density at radius 1 is 1.21 bits per heavy atom. The summed E-state index contributed by atoms with van der Waals surface area (Å²) in [5, 5.41) is 2.70. The third-order valence-electron chi connectivity index (χ3n) is 3.61. The van der Waals surface area contributed by atoms with Crippen molar-refractivity contribution >= 4 is 11.6 Å². The van der Waals surface area contributed by atoms with E-state index in [0.717, 1.165) is 18.9 Å². The highest BCUT2D eigenvalue weighted by molar-refractivity contribution is 5.95. The van der Waals surface area contributed by atoms with E-state index in [9.17, 15) is 13.6 Å². The third kappa shape index (κ3) is 3.43. The maximum Gasteiger partial charge on any atom is 0.254 e. The number of nitrogens with two attached hydrogens (primary N) is 1. The molecular weight excluding hydrogens is 250 g/mol. The second-order valence-corrected chi connectivity index (χ2v) is 5.07. The molecule has 0 heterocycles. The van der Waals surface area contributed by atoms with Gasteiger partial charge in [-0.1, -0.05) is 19.3 Å². The predicted octanol–water partition coefficient (Wildman–Crippen LogP) is 2.86. The summed E-state index contributed by atoms with van der Waals surface area (Å²) in [7, 11) is 0. The molecule has 0 saturated heterocycles. The molecule has 1 aromatic carbocycles. The average Bonchev–Trinajstić information content (AvgIpc) is 2.41. The number of nitrogens with one attached hydrogen (secondary N) is 1. The first-order chi connectivity index (χ1) is 9.08. The topological polar surface area (TPSA) is 55.1 Å². The number of hydrogen-bond acceptors (Lipinski definition) is 2. The lowest BCUT2D eigenvalue weighted by molar-refractivity contribution is 0.0939. The minimum absolute atomic E-state index is 0.199. The Bertz CT molecular complexity index is 471. The molecule has 1 saturated carbocycles. The maximum absolute atomic E-state index is 13.5. The number of anilines is 1. The molecule has 3 N–H and O–H groups in total. The van der Waals surface area contributed by atoms with Gasteiger partial charge in [-0.3, -0.25) is 4.79 Å². The number of nitrogen functional groups attached to an aromatic ring is 1. The van der Waals surface area contributed by atoms with E-state index < -0.39 is 17.5 Å². The van der Waals surface area contributed by atoms with Gasteiger partial charge in [-0.05, 0) is 24.8 Å². The molecule has 0 atom stereocenters. The van der Waals surface area contributed by atoms with Crippen LogP contribution in [0.25, 0.3) is 0 Å². The summed E-state index contributed by atoms with van der Waals surface area (Å²) in [6.07, 6.45) is 5.78. The van der Waals surface area contributed by atoms with Gasteiger partial charge in [0.2, 0.25) is 0 Å². The van der Waals surface area contributed by atoms with E-state index in [-0.39, 0.29) is 11.3 Å². The molecule has 2 rings (SSSR count). The number of halogens is 2. The highest BCUT2D eigenvalue weighted by Crippen LogP contribution is 2.23. The molecule has 1 aromatic rings. The molecule has 1 aliphatic carbocycles. The Morgan fingerprint density at radius 2 is 1.89 bits per heavy atom. The Hall–Kier alpha value is -1.65. The zero-order valence-electron chi connectivity index (χ0n) is 10.7. The van der Waals surface area contributed by atoms with Crippen molar-refractivity contribution in [3.8, 4) is 0 Å². The molecular formula is C14H18F2N2O. The summed E-state index contributed by atoms with van der Waals surface area (Å²) in [6, 6.07) is 1.69. The van der Waals surface area contributed by atoms with Gasteiger partial charge in [0.25, 0.3) is 5.91 Å². The largest absolute Gasteiger partial charge is 0.396 e. The molecule has 19 heavy (non-hydrogen) atoms. The highest BCUT2D eigenvalue weighted by Gasteiger charge is 2.18. The summed E-state index contributed by atoms with van der Waals surface area (Å²) in [6.45, 7) is 0.537. The van der Waals surface area contributed by atoms with Crippen molar-refractivity contribution in [2.45, 2.75) is 32.1 Å². The van der Waals surface area contributed by atoms with E-state index >= 15 is 0 Å². The smallest absolute Gasteiger partial charge is 0.254 e. The van der Waals surface area contributed by atoms with Crippen LogP contribution < -0.4 is 11.1 Å². The summed E-state index contributed by atoms with van der Waals surface area (Å²) in [5.41, 5.74) is 4.93. The number of benzene rings is 1. The fourth-order valence-corrected chi connectivity index (χ4v) is 2.46. The van der Waals surface area contributed by atoms with Crippen LogP contribution in [0.3, 0.4) is 0 Å². The first-order valence-corrected chi connectivity index (χ1v) is 6.60. The van der Waals surface area contributed by atoms with Crippen LogP contribution >= 0.6 is 0 Å². The number of rotatable bonds is 3. The van der Waals surface area contributed by atoms with Crippen molar-refractivity contribution in [1.82, 2.24) is 5.32 Å². The number of amides is 1. The lowest BCUT2D eigenvalue weighted by Crippen LogP contribution is -2.31. The fraction of sp³-hybridized carbons (Fsp3) is 0.500. The van der Waals surface area contributed by atoms with Crippen LogP contribution in [0.15, 0.2) is 12.1 Å². The third-order valence-corrected chi connectivity index (χ3v) is 3.61. The van der Waals surface area contributed by atoms with Gasteiger partial charge in [-0.25, -0.2) is 8.78 Å². The van der Waals surface area contributed by atoms with Crippen LogP contribution in [-0.4, -0.2) is 12.5 Å². The standard InChI is InChI=1S/C14H18F2N2O/c15-11-7-12(16)13(17)6-10(11)14(19)18-8-9-4-2-1-3-5-9/h6-7,9H,1-5,8,17H2,(H,18,19). The normalized spacial score (nSPS) is 16.3. The van der Waals surface area contributed by atoms with E-state index in [4.69, 9.17) is 5.73 Å². The quantitative estimate of drug-likeness (QED) is 0.828. The molecule has 0 spiro atoms. The molecule has 3 nitrogen and oxygen atoms in total. The second kappa shape index (κ2) is 5.99. The van der Waals surface area contributed by atoms with Crippen LogP contribution in [0.2, 0.25) is 0 Å². The fourth-order valence-electron chi connectivity index (χ4n) is 2.46. The van der Waals surface area contributed by atoms with Crippen LogP contribution in [0, 0.1) is 17.6 Å². The van der Waals surface area contributed by atoms with Gasteiger partial charge in [-0.15, -0.1) is 0 Å². The molecule has 0 aromatic heterocycles. The van der Waals surface area contributed by atoms with Crippen molar-refractivity contribution in [2.24, 2.45) is 5.92 Å². The zero-order valence-corrected chi connectivity index (χ0v) is 10.7. The number of hydrogen-bond donors (Lipinski definition) is 2. The van der Waals surface area contributed by atoms with E-state index in [1.165, 1.54) is 19.3 Å². The number of carbonyl (C=O) groups is 1. The van der Waals surface area contributed by atoms with Crippen molar-refractivity contribution < 1.29 is 13.6 Å². The van der Waals surface area contributed by atoms with Gasteiger partial charge in [-0.2, -0.15) is 0 Å². The minimum atomic E-state index is -0.882. The van der Waals surface area contributed by atoms with Gasteiger partial charge in [0.1, 0.15) is 11.6 Å². The molecule has 5 heteroatoms. The first kappa shape index (κ1) is 13.8. The van der Waals surface area contributed by atoms with Crippen molar-refractivity contribution in [2.75, 3.05) is 12.3 Å². The first-order valence-electron chi connectivity index (χ1n) is 6.60. The lowest BCUT2D eigenvalue weighted by atomic mass is 9.89. The lowest BCUT2D eigenvalue weighted by Gasteiger charge is -2.21. The van der Waals surface area contributed by atoms with Crippen LogP contribution in [-0.2, 0) is 0 Å². The Labute approximate surface area is 111 Å². The SMILES string of the molecule is Nc1cc(C(=O)NCC2CCCCC2)c(F)cc1F. The van der Waals surface area contributed by atoms with Gasteiger partial charge < -0.3 is 11.1 Å². The van der Waals surface area contributed by atoms with E-state index in [2.05, 4.69) is 5.32 Å². The Balaban J connectivity index is 1.97. The minimum Gasteiger partial charge on any atom is -0.396 e. The molecule has 1 aliphatic rings. The summed E-state index contributed by atoms with van der Waals surface area (Å²) >= 11 is 0. The van der Waals surface area contributed by atoms with Crippen molar-refractivity contribution in [1.29, 1.82) is 0 Å². The predicted molar refractivity (Wildman–Crippen MR) is 69.7 cm³/mol. The molecule has 0 bridgehead atoms. The summed E-state index contributed by atoms with van der Waals surface area (Å²) < 4.78 is 26.5. The monoisotopic (exact) mass is 268 g/mol. The van der Waals surface area contributed by atoms with Crippen LogP contribution in [0.5, 0.6) is 0 Å². The van der Waals surface area contributed by atoms with E-state index in [1.54, 1.807) is 0 Å². The van der Waals surface area contributed by atoms with Gasteiger partial charge in [0, 0.05) is 12.6 Å². The van der Waals surface area contributed by atoms with E-state index in [1.807, 2.05) is 0 Å². The maximum atomic E-state index is 13.5. The Kier molecular flexibility index (Phi) is 4.35. The van der Waals surface area contributed by atoms with Crippen molar-refractivity contribution in [3.63, 3.8) is 0 Å². The molecule has 0 aliphatic heterocycles. The highest BCUT2D eigenvalue weighted by atomic mass is 19.1. The Morgan fingerprint density at radius 3 is 2.58 bits per heavy atom. The van der Waals surface area contributed by atoms with E-state index in [0.29, 0.717) is 18.5 Å². The molecule has 0 radical (unpaired) electrons. The number of carbonyl (C=O) groups excluding carboxylic acids is 1.